The molecule has 5 aromatic heterocycles. The Morgan fingerprint density at radius 1 is 0.527 bits per heavy atom. The molecule has 2 amide bonds. The maximum absolute atomic E-state index is 12.4. The standard InChI is InChI=1S/C15H22BN3O2.C11H9BrF3N3O.C10H7BrF3N3O.C9H10BrN3.C8H8BrN3.C4H3F3O3/c1-14(2)15(3,4)21-16(20-14)11-9-7-8-10-12(11)19(6)18-13(10)17-5;1-17(10(19)11(13,14)15)9-6-4-3-5-7(12)8(6)18(2)16-9;1-17-7-5(3-2-4-6(7)11)8(16-17)15-9(18)10(12,13)14;1-11-9-6-4-3-5-7(10)8(6)13(2)12-9;1-12-7-5(8(10)11-12)3-2-4-6(7)9;1-2(8)10-3(9)4(5,6)7/h7-9H,1-6H3,(H,17,18);3-5H,1-2H3;2-4H,1H3,(H,15,16,18);3-5H,1-2H3,(H,11,12);2-4H,1H3,(H2,10,11);1H3. The van der Waals surface area contributed by atoms with Crippen LogP contribution in [0.25, 0.3) is 54.5 Å². The van der Waals surface area contributed by atoms with Gasteiger partial charge >= 0.3 is 49.4 Å². The van der Waals surface area contributed by atoms with Gasteiger partial charge in [-0.15, -0.1) is 0 Å². The molecule has 1 aliphatic rings. The molecule has 0 radical (unpaired) electrons. The Balaban J connectivity index is 0.000000180. The number of hydrogen-bond donors (Lipinski definition) is 4. The van der Waals surface area contributed by atoms with Crippen LogP contribution in [0.4, 0.5) is 68.6 Å². The van der Waals surface area contributed by atoms with Crippen LogP contribution in [0.5, 0.6) is 0 Å². The number of halogens is 13. The number of carbonyl (C=O) groups excluding carboxylic acids is 4. The molecule has 36 heteroatoms. The van der Waals surface area contributed by atoms with Gasteiger partial charge in [0.25, 0.3) is 0 Å². The predicted octanol–water partition coefficient (Wildman–Crippen LogP) is 12.5. The molecule has 5 aromatic carbocycles. The number of aryl methyl sites for hydroxylation is 5. The molecule has 0 spiro atoms. The van der Waals surface area contributed by atoms with E-state index in [0.717, 1.165) is 65.8 Å². The average Bonchev–Trinajstić information content (AvgIpc) is 1.62. The molecule has 0 saturated carbocycles. The second-order valence-corrected chi connectivity index (χ2v) is 24.4. The maximum atomic E-state index is 12.4. The lowest BCUT2D eigenvalue weighted by atomic mass is 9.78. The molecule has 0 unspecified atom stereocenters. The number of hydrogen-bond acceptors (Lipinski definition) is 15. The SMILES string of the molecule is CC(=O)OC(=O)C(F)(F)F.CN(C(=O)C(F)(F)F)c1nn(C)c2c(Br)cccc12.CNc1nn(C)c2c(B3OC(C)(C)C(C)(C)O3)cccc12.CNc1nn(C)c2c(Br)cccc12.Cn1nc(N)c2cccc(Br)c21.Cn1nc(NC(=O)C(F)(F)F)c2cccc(Br)c21. The highest BCUT2D eigenvalue weighted by Gasteiger charge is 2.52. The zero-order valence-corrected chi connectivity index (χ0v) is 57.8. The van der Waals surface area contributed by atoms with Gasteiger partial charge in [0.15, 0.2) is 29.1 Å². The molecule has 0 bridgehead atoms. The minimum absolute atomic E-state index is 0.0267. The van der Waals surface area contributed by atoms with Crippen molar-refractivity contribution in [3.8, 4) is 0 Å². The zero-order valence-electron chi connectivity index (χ0n) is 51.5. The number of nitrogen functional groups attached to an aromatic ring is 1. The largest absolute Gasteiger partial charge is 0.497 e. The van der Waals surface area contributed by atoms with Gasteiger partial charge in [-0.3, -0.25) is 42.7 Å². The van der Waals surface area contributed by atoms with Gasteiger partial charge in [0, 0.05) is 114 Å². The van der Waals surface area contributed by atoms with Crippen LogP contribution in [0.2, 0.25) is 0 Å². The second kappa shape index (κ2) is 29.2. The molecule has 0 atom stereocenters. The highest BCUT2D eigenvalue weighted by atomic mass is 79.9. The topological polar surface area (TPSA) is 250 Å². The summed E-state index contributed by atoms with van der Waals surface area (Å²) in [5.41, 5.74) is 10.5. The van der Waals surface area contributed by atoms with Crippen molar-refractivity contribution in [3.05, 3.63) is 109 Å². The number of nitrogens with one attached hydrogen (secondary N) is 3. The number of fused-ring (bicyclic) bond motifs is 5. The number of ether oxygens (including phenoxy) is 1. The van der Waals surface area contributed by atoms with E-state index < -0.39 is 42.3 Å². The molecule has 5 N–H and O–H groups in total. The number of rotatable bonds is 5. The fraction of sp³-hybridized carbons (Fsp3) is 0.316. The van der Waals surface area contributed by atoms with Crippen LogP contribution in [-0.2, 0) is 68.5 Å². The number of benzene rings is 5. The quantitative estimate of drug-likeness (QED) is 0.0541. The van der Waals surface area contributed by atoms with Gasteiger partial charge in [0.2, 0.25) is 0 Å². The minimum Gasteiger partial charge on any atom is -0.399 e. The van der Waals surface area contributed by atoms with E-state index in [1.54, 1.807) is 60.5 Å². The minimum atomic E-state index is -5.09. The Hall–Kier alpha value is -7.80. The molecule has 1 saturated heterocycles. The third kappa shape index (κ3) is 17.0. The van der Waals surface area contributed by atoms with Gasteiger partial charge in [-0.2, -0.15) is 65.0 Å². The van der Waals surface area contributed by atoms with Crippen LogP contribution in [-0.4, -0.2) is 131 Å². The van der Waals surface area contributed by atoms with Gasteiger partial charge in [-0.05, 0) is 146 Å². The van der Waals surface area contributed by atoms with E-state index in [2.05, 4.69) is 144 Å². The van der Waals surface area contributed by atoms with E-state index in [4.69, 9.17) is 15.0 Å². The first-order chi connectivity index (χ1) is 43.1. The Labute approximate surface area is 558 Å². The summed E-state index contributed by atoms with van der Waals surface area (Å²) in [6, 6.07) is 28.1. The molecule has 10 aromatic rings. The number of nitrogens with zero attached hydrogens (tertiary/aromatic N) is 11. The Morgan fingerprint density at radius 2 is 0.882 bits per heavy atom. The van der Waals surface area contributed by atoms with Gasteiger partial charge in [-0.1, -0.05) is 36.4 Å². The first-order valence-electron chi connectivity index (χ1n) is 27.0. The Morgan fingerprint density at radius 3 is 1.28 bits per heavy atom. The Bertz CT molecular complexity index is 4400. The molecule has 11 rings (SSSR count). The summed E-state index contributed by atoms with van der Waals surface area (Å²) < 4.78 is 135. The van der Waals surface area contributed by atoms with Crippen LogP contribution >= 0.6 is 63.7 Å². The summed E-state index contributed by atoms with van der Waals surface area (Å²) >= 11 is 13.5. The van der Waals surface area contributed by atoms with E-state index >= 15 is 0 Å². The van der Waals surface area contributed by atoms with Crippen LogP contribution < -0.4 is 32.0 Å². The average molecular weight is 1570 g/mol. The first kappa shape index (κ1) is 74.2. The monoisotopic (exact) mass is 1560 g/mol. The number of nitrogens with two attached hydrogens (primary N) is 1. The van der Waals surface area contributed by atoms with E-state index in [1.807, 2.05) is 87.1 Å². The maximum Gasteiger partial charge on any atom is 0.497 e. The summed E-state index contributed by atoms with van der Waals surface area (Å²) in [4.78, 5) is 42.1. The van der Waals surface area contributed by atoms with Crippen LogP contribution in [0.1, 0.15) is 34.6 Å². The highest BCUT2D eigenvalue weighted by Crippen LogP contribution is 2.38. The lowest BCUT2D eigenvalue weighted by Crippen LogP contribution is -2.41. The van der Waals surface area contributed by atoms with Crippen LogP contribution in [0.3, 0.4) is 0 Å². The summed E-state index contributed by atoms with van der Waals surface area (Å²) in [5.74, 6) is -5.53. The lowest BCUT2D eigenvalue weighted by Gasteiger charge is -2.32. The summed E-state index contributed by atoms with van der Waals surface area (Å²) in [6.45, 7) is 8.97. The van der Waals surface area contributed by atoms with Crippen molar-refractivity contribution in [2.75, 3.05) is 47.7 Å². The zero-order chi connectivity index (χ0) is 69.8. The summed E-state index contributed by atoms with van der Waals surface area (Å²) in [7, 11) is 13.4. The van der Waals surface area contributed by atoms with E-state index in [-0.39, 0.29) is 30.0 Å². The van der Waals surface area contributed by atoms with Gasteiger partial charge in [0.05, 0.1) is 38.8 Å². The van der Waals surface area contributed by atoms with E-state index in [0.29, 0.717) is 48.4 Å². The summed E-state index contributed by atoms with van der Waals surface area (Å²) in [6.07, 6.45) is -15.0. The van der Waals surface area contributed by atoms with E-state index in [1.165, 1.54) is 9.36 Å². The molecule has 1 aliphatic heterocycles. The molecule has 22 nitrogen and oxygen atoms in total. The van der Waals surface area contributed by atoms with Gasteiger partial charge < -0.3 is 35.7 Å². The van der Waals surface area contributed by atoms with E-state index in [9.17, 15) is 58.7 Å². The number of esters is 2. The van der Waals surface area contributed by atoms with Crippen molar-refractivity contribution >= 4 is 184 Å². The third-order valence-electron chi connectivity index (χ3n) is 14.0. The molecule has 1 fully saturated rings. The number of amides is 2. The highest BCUT2D eigenvalue weighted by molar-refractivity contribution is 9.11. The number of para-hydroxylation sites is 5. The van der Waals surface area contributed by atoms with Crippen molar-refractivity contribution in [2.45, 2.75) is 64.3 Å². The second-order valence-electron chi connectivity index (χ2n) is 20.9. The van der Waals surface area contributed by atoms with Crippen molar-refractivity contribution in [3.63, 3.8) is 0 Å². The Kier molecular flexibility index (Phi) is 23.3. The molecule has 6 heterocycles. The van der Waals surface area contributed by atoms with Crippen LogP contribution in [0, 0.1) is 0 Å². The van der Waals surface area contributed by atoms with Gasteiger partial charge in [-0.25, -0.2) is 4.79 Å². The van der Waals surface area contributed by atoms with Crippen molar-refractivity contribution in [1.82, 2.24) is 48.9 Å². The number of anilines is 5. The number of aromatic nitrogens is 10. The molecule has 0 aliphatic carbocycles. The predicted molar refractivity (Wildman–Crippen MR) is 351 cm³/mol. The first-order valence-corrected chi connectivity index (χ1v) is 30.1. The smallest absolute Gasteiger partial charge is 0.399 e. The van der Waals surface area contributed by atoms with Crippen molar-refractivity contribution in [1.29, 1.82) is 0 Å². The fourth-order valence-electron chi connectivity index (χ4n) is 9.06. The molecule has 93 heavy (non-hydrogen) atoms. The van der Waals surface area contributed by atoms with Crippen molar-refractivity contribution < 1.29 is 72.7 Å². The lowest BCUT2D eigenvalue weighted by molar-refractivity contribution is -0.201. The number of carbonyl (C=O) groups is 4. The third-order valence-corrected chi connectivity index (χ3v) is 16.5. The summed E-state index contributed by atoms with van der Waals surface area (Å²) in [5, 5.41) is 32.9. The van der Waals surface area contributed by atoms with Gasteiger partial charge in [0.1, 0.15) is 0 Å². The molecular formula is C57H59BBr4F9N15O7. The van der Waals surface area contributed by atoms with Crippen LogP contribution in [0.15, 0.2) is 109 Å². The molecular weight excluding hydrogens is 1510 g/mol. The molecule has 498 valence electrons. The normalized spacial score (nSPS) is 13.3. The number of alkyl halides is 9. The van der Waals surface area contributed by atoms with Crippen molar-refractivity contribution in [2.24, 2.45) is 35.2 Å². The fourth-order valence-corrected chi connectivity index (χ4v) is 11.5.